The number of nitrogens with zero attached hydrogens (tertiary/aromatic N) is 2. The maximum atomic E-state index is 13.7. The van der Waals surface area contributed by atoms with Crippen LogP contribution in [0.2, 0.25) is 0 Å². The van der Waals surface area contributed by atoms with Crippen LogP contribution in [0, 0.1) is 0 Å². The quantitative estimate of drug-likeness (QED) is 0.0352. The number of aldehydes is 2. The van der Waals surface area contributed by atoms with Gasteiger partial charge in [-0.15, -0.1) is 22.7 Å². The minimum atomic E-state index is -0.647. The monoisotopic (exact) mass is 726 g/mol. The molecule has 0 spiro atoms. The normalized spacial score (nSPS) is 11.5. The number of thiophene rings is 3. The molecule has 266 valence electrons. The molecule has 3 heterocycles. The van der Waals surface area contributed by atoms with Crippen LogP contribution in [0.1, 0.15) is 166 Å². The minimum Gasteiger partial charge on any atom is -0.462 e. The van der Waals surface area contributed by atoms with Gasteiger partial charge in [0.15, 0.2) is 12.6 Å². The van der Waals surface area contributed by atoms with E-state index in [1.165, 1.54) is 86.9 Å². The van der Waals surface area contributed by atoms with Crippen LogP contribution in [0.25, 0.3) is 0 Å². The van der Waals surface area contributed by atoms with Crippen LogP contribution in [-0.2, 0) is 9.47 Å². The third-order valence-corrected chi connectivity index (χ3v) is 10.8. The Kier molecular flexibility index (Phi) is 19.6. The summed E-state index contributed by atoms with van der Waals surface area (Å²) < 4.78 is 11.4. The number of esters is 2. The summed E-state index contributed by atoms with van der Waals surface area (Å²) in [7, 11) is 0. The summed E-state index contributed by atoms with van der Waals surface area (Å²) in [5.41, 5.74) is 0.0571. The molecule has 0 amide bonds. The summed E-state index contributed by atoms with van der Waals surface area (Å²) in [6, 6.07) is 6.94. The van der Waals surface area contributed by atoms with Crippen LogP contribution < -0.4 is 0 Å². The van der Waals surface area contributed by atoms with E-state index in [0.717, 1.165) is 72.2 Å². The SMILES string of the molecule is CCCCCCCCCCOC(=O)c1c(N=Cc2ccc(C=O)s2)sc(N=Cc2ccc(C=O)s2)c1C(=O)OCCCCCCCCCC. The second kappa shape index (κ2) is 24.0. The maximum absolute atomic E-state index is 13.7. The van der Waals surface area contributed by atoms with E-state index in [1.54, 1.807) is 36.7 Å². The zero-order valence-electron chi connectivity index (χ0n) is 28.9. The number of aliphatic imine (C=N–C) groups is 2. The van der Waals surface area contributed by atoms with E-state index in [-0.39, 0.29) is 34.3 Å². The molecule has 3 aromatic heterocycles. The molecule has 0 saturated carbocycles. The lowest BCUT2D eigenvalue weighted by Gasteiger charge is -2.09. The highest BCUT2D eigenvalue weighted by atomic mass is 32.1. The van der Waals surface area contributed by atoms with Crippen molar-refractivity contribution in [2.45, 2.75) is 117 Å². The number of unbranched alkanes of at least 4 members (excludes halogenated alkanes) is 14. The molecule has 0 saturated heterocycles. The Hall–Kier alpha value is -3.28. The fourth-order valence-electron chi connectivity index (χ4n) is 5.16. The van der Waals surface area contributed by atoms with E-state index in [1.807, 2.05) is 0 Å². The lowest BCUT2D eigenvalue weighted by Crippen LogP contribution is -2.14. The Labute approximate surface area is 303 Å². The average molecular weight is 727 g/mol. The van der Waals surface area contributed by atoms with Gasteiger partial charge < -0.3 is 9.47 Å². The second-order valence-electron chi connectivity index (χ2n) is 11.9. The highest BCUT2D eigenvalue weighted by Crippen LogP contribution is 2.43. The lowest BCUT2D eigenvalue weighted by molar-refractivity contribution is 0.0453. The molecule has 0 radical (unpaired) electrons. The van der Waals surface area contributed by atoms with Crippen molar-refractivity contribution in [2.75, 3.05) is 13.2 Å². The van der Waals surface area contributed by atoms with Crippen LogP contribution in [0.3, 0.4) is 0 Å². The van der Waals surface area contributed by atoms with Crippen molar-refractivity contribution in [1.82, 2.24) is 0 Å². The molecule has 0 fully saturated rings. The summed E-state index contributed by atoms with van der Waals surface area (Å²) >= 11 is 3.63. The highest BCUT2D eigenvalue weighted by Gasteiger charge is 2.30. The van der Waals surface area contributed by atoms with Crippen LogP contribution in [-0.4, -0.2) is 50.2 Å². The number of carbonyl (C=O) groups excluding carboxylic acids is 4. The molecule has 0 N–H and O–H groups in total. The molecular formula is C38H50N2O6S3. The van der Waals surface area contributed by atoms with E-state index in [9.17, 15) is 19.2 Å². The highest BCUT2D eigenvalue weighted by molar-refractivity contribution is 7.20. The van der Waals surface area contributed by atoms with E-state index < -0.39 is 11.9 Å². The molecule has 0 aliphatic heterocycles. The minimum absolute atomic E-state index is 0.0285. The topological polar surface area (TPSA) is 111 Å². The van der Waals surface area contributed by atoms with E-state index >= 15 is 0 Å². The molecule has 11 heteroatoms. The molecule has 0 unspecified atom stereocenters. The smallest absolute Gasteiger partial charge is 0.342 e. The summed E-state index contributed by atoms with van der Waals surface area (Å²) in [6.07, 6.45) is 22.5. The predicted octanol–water partition coefficient (Wildman–Crippen LogP) is 11.6. The molecule has 0 bridgehead atoms. The molecule has 0 aliphatic carbocycles. The van der Waals surface area contributed by atoms with Gasteiger partial charge in [-0.25, -0.2) is 19.6 Å². The van der Waals surface area contributed by atoms with Gasteiger partial charge in [0, 0.05) is 22.2 Å². The predicted molar refractivity (Wildman–Crippen MR) is 204 cm³/mol. The van der Waals surface area contributed by atoms with Crippen molar-refractivity contribution in [2.24, 2.45) is 9.98 Å². The van der Waals surface area contributed by atoms with Gasteiger partial charge in [-0.3, -0.25) is 9.59 Å². The Morgan fingerprint density at radius 3 is 1.22 bits per heavy atom. The standard InChI is InChI=1S/C38H50N2O6S3/c1-3-5-7-9-11-13-15-17-23-45-37(43)33-34(38(44)46-24-18-16-14-12-10-8-6-4-2)36(40-26-30-20-22-32(28-42)48-30)49-35(33)39-25-29-19-21-31(27-41)47-29/h19-22,25-28H,3-18,23-24H2,1-2H3. The van der Waals surface area contributed by atoms with Gasteiger partial charge in [-0.2, -0.15) is 0 Å². The van der Waals surface area contributed by atoms with Gasteiger partial charge >= 0.3 is 11.9 Å². The number of hydrogen-bond donors (Lipinski definition) is 0. The Morgan fingerprint density at radius 2 is 0.878 bits per heavy atom. The summed E-state index contributed by atoms with van der Waals surface area (Å²) in [4.78, 5) is 61.5. The summed E-state index contributed by atoms with van der Waals surface area (Å²) in [5.74, 6) is -1.29. The first-order chi connectivity index (χ1) is 24.0. The maximum Gasteiger partial charge on any atom is 0.342 e. The van der Waals surface area contributed by atoms with Crippen molar-refractivity contribution in [3.05, 3.63) is 54.9 Å². The molecule has 8 nitrogen and oxygen atoms in total. The van der Waals surface area contributed by atoms with Gasteiger partial charge in [0.05, 0.1) is 23.0 Å². The van der Waals surface area contributed by atoms with Gasteiger partial charge in [0.25, 0.3) is 0 Å². The van der Waals surface area contributed by atoms with E-state index in [2.05, 4.69) is 23.8 Å². The first-order valence-corrected chi connectivity index (χ1v) is 20.1. The zero-order chi connectivity index (χ0) is 35.1. The Balaban J connectivity index is 1.82. The van der Waals surface area contributed by atoms with Crippen molar-refractivity contribution >= 4 is 81.0 Å². The van der Waals surface area contributed by atoms with Crippen molar-refractivity contribution in [3.8, 4) is 0 Å². The third kappa shape index (κ3) is 14.6. The number of carbonyl (C=O) groups is 4. The van der Waals surface area contributed by atoms with Gasteiger partial charge in [0.1, 0.15) is 21.1 Å². The summed E-state index contributed by atoms with van der Waals surface area (Å²) in [5, 5.41) is 0.542. The first kappa shape index (κ1) is 40.2. The number of ether oxygens (including phenoxy) is 2. The molecular weight excluding hydrogens is 677 g/mol. The zero-order valence-corrected chi connectivity index (χ0v) is 31.4. The molecule has 3 rings (SSSR count). The fraction of sp³-hybridized carbons (Fsp3) is 0.526. The van der Waals surface area contributed by atoms with E-state index in [4.69, 9.17) is 9.47 Å². The van der Waals surface area contributed by atoms with Crippen LogP contribution in [0.4, 0.5) is 10.0 Å². The van der Waals surface area contributed by atoms with Crippen LogP contribution in [0.5, 0.6) is 0 Å². The molecule has 0 atom stereocenters. The average Bonchev–Trinajstić information content (AvgIpc) is 3.86. The van der Waals surface area contributed by atoms with Gasteiger partial charge in [-0.1, -0.05) is 115 Å². The molecule has 0 aromatic carbocycles. The first-order valence-electron chi connectivity index (χ1n) is 17.7. The van der Waals surface area contributed by atoms with Gasteiger partial charge in [-0.05, 0) is 37.1 Å². The second-order valence-corrected chi connectivity index (χ2v) is 15.2. The molecule has 49 heavy (non-hydrogen) atoms. The largest absolute Gasteiger partial charge is 0.462 e. The van der Waals surface area contributed by atoms with Crippen LogP contribution >= 0.6 is 34.0 Å². The Bertz CT molecular complexity index is 1390. The van der Waals surface area contributed by atoms with Gasteiger partial charge in [0.2, 0.25) is 0 Å². The number of hydrogen-bond acceptors (Lipinski definition) is 11. The third-order valence-electron chi connectivity index (χ3n) is 7.89. The van der Waals surface area contributed by atoms with Crippen molar-refractivity contribution < 1.29 is 28.7 Å². The Morgan fingerprint density at radius 1 is 0.531 bits per heavy atom. The number of rotatable bonds is 26. The van der Waals surface area contributed by atoms with E-state index in [0.29, 0.717) is 9.75 Å². The molecule has 0 aliphatic rings. The lowest BCUT2D eigenvalue weighted by atomic mass is 10.1. The summed E-state index contributed by atoms with van der Waals surface area (Å²) in [6.45, 7) is 4.87. The molecule has 3 aromatic rings. The fourth-order valence-corrected chi connectivity index (χ4v) is 7.53. The van der Waals surface area contributed by atoms with Crippen molar-refractivity contribution in [1.29, 1.82) is 0 Å². The van der Waals surface area contributed by atoms with Crippen molar-refractivity contribution in [3.63, 3.8) is 0 Å². The van der Waals surface area contributed by atoms with Crippen LogP contribution in [0.15, 0.2) is 34.3 Å².